The van der Waals surface area contributed by atoms with Crippen molar-refractivity contribution in [3.8, 4) is 11.5 Å². The van der Waals surface area contributed by atoms with Crippen molar-refractivity contribution >= 4 is 28.7 Å². The van der Waals surface area contributed by atoms with E-state index in [4.69, 9.17) is 13.9 Å². The number of piperidine rings is 1. The average molecular weight is 381 g/mol. The van der Waals surface area contributed by atoms with Crippen LogP contribution < -0.4 is 19.7 Å². The van der Waals surface area contributed by atoms with Gasteiger partial charge in [-0.05, 0) is 25.0 Å². The topological polar surface area (TPSA) is 76.8 Å². The highest BCUT2D eigenvalue weighted by Crippen LogP contribution is 2.29. The fourth-order valence-electron chi connectivity index (χ4n) is 3.45. The molecule has 2 aromatic carbocycles. The first-order valence-electron chi connectivity index (χ1n) is 9.30. The Hall–Kier alpha value is -3.22. The summed E-state index contributed by atoms with van der Waals surface area (Å²) < 4.78 is 16.4. The molecule has 1 saturated heterocycles. The molecule has 1 aliphatic rings. The number of nitrogens with zero attached hydrogens (tertiary/aromatic N) is 2. The van der Waals surface area contributed by atoms with Gasteiger partial charge in [0.05, 0.1) is 14.2 Å². The average Bonchev–Trinajstić information content (AvgIpc) is 3.17. The van der Waals surface area contributed by atoms with Crippen molar-refractivity contribution in [2.75, 3.05) is 37.5 Å². The summed E-state index contributed by atoms with van der Waals surface area (Å²) in [5.41, 5.74) is 2.30. The third-order valence-electron chi connectivity index (χ3n) is 5.04. The number of nitrogens with one attached hydrogen (secondary N) is 1. The van der Waals surface area contributed by atoms with Gasteiger partial charge in [-0.1, -0.05) is 12.1 Å². The molecule has 0 saturated carbocycles. The first-order chi connectivity index (χ1) is 13.7. The number of aromatic nitrogens is 1. The zero-order chi connectivity index (χ0) is 19.5. The van der Waals surface area contributed by atoms with E-state index in [0.717, 1.165) is 37.0 Å². The quantitative estimate of drug-likeness (QED) is 0.726. The number of hydrogen-bond donors (Lipinski definition) is 1. The SMILES string of the molecule is COc1cc(NC(=O)C2CCN(c3nc4ccccc4o3)CC2)cc(OC)c1. The van der Waals surface area contributed by atoms with Gasteiger partial charge in [0.25, 0.3) is 6.01 Å². The fourth-order valence-corrected chi connectivity index (χ4v) is 3.45. The molecule has 0 spiro atoms. The summed E-state index contributed by atoms with van der Waals surface area (Å²) in [6.45, 7) is 1.46. The minimum absolute atomic E-state index is 0.00696. The Bertz CT molecular complexity index is 921. The van der Waals surface area contributed by atoms with Gasteiger partial charge in [-0.15, -0.1) is 0 Å². The molecular formula is C21H23N3O4. The number of carbonyl (C=O) groups excluding carboxylic acids is 1. The van der Waals surface area contributed by atoms with Gasteiger partial charge in [-0.25, -0.2) is 0 Å². The molecule has 0 bridgehead atoms. The van der Waals surface area contributed by atoms with Crippen LogP contribution in [0.3, 0.4) is 0 Å². The van der Waals surface area contributed by atoms with E-state index in [1.807, 2.05) is 24.3 Å². The Kier molecular flexibility index (Phi) is 5.06. The molecule has 1 amide bonds. The van der Waals surface area contributed by atoms with Crippen molar-refractivity contribution in [3.05, 3.63) is 42.5 Å². The summed E-state index contributed by atoms with van der Waals surface area (Å²) in [4.78, 5) is 19.3. The van der Waals surface area contributed by atoms with Crippen LogP contribution in [0, 0.1) is 5.92 Å². The monoisotopic (exact) mass is 381 g/mol. The second-order valence-electron chi connectivity index (χ2n) is 6.82. The molecule has 146 valence electrons. The summed E-state index contributed by atoms with van der Waals surface area (Å²) in [5.74, 6) is 1.23. The lowest BCUT2D eigenvalue weighted by Gasteiger charge is -2.30. The van der Waals surface area contributed by atoms with Crippen molar-refractivity contribution in [1.82, 2.24) is 4.98 Å². The van der Waals surface area contributed by atoms with E-state index >= 15 is 0 Å². The van der Waals surface area contributed by atoms with Crippen LogP contribution in [-0.4, -0.2) is 38.2 Å². The molecule has 1 N–H and O–H groups in total. The molecule has 7 nitrogen and oxygen atoms in total. The largest absolute Gasteiger partial charge is 0.497 e. The van der Waals surface area contributed by atoms with Crippen LogP contribution in [0.2, 0.25) is 0 Å². The van der Waals surface area contributed by atoms with Crippen LogP contribution in [0.1, 0.15) is 12.8 Å². The number of fused-ring (bicyclic) bond motifs is 1. The maximum atomic E-state index is 12.7. The second-order valence-corrected chi connectivity index (χ2v) is 6.82. The van der Waals surface area contributed by atoms with Gasteiger partial charge in [0.2, 0.25) is 5.91 Å². The summed E-state index contributed by atoms with van der Waals surface area (Å²) in [6.07, 6.45) is 1.48. The number of oxazole rings is 1. The lowest BCUT2D eigenvalue weighted by Crippen LogP contribution is -2.38. The molecule has 28 heavy (non-hydrogen) atoms. The number of anilines is 2. The molecule has 1 fully saturated rings. The number of benzene rings is 2. The lowest BCUT2D eigenvalue weighted by molar-refractivity contribution is -0.120. The lowest BCUT2D eigenvalue weighted by atomic mass is 9.96. The van der Waals surface area contributed by atoms with E-state index < -0.39 is 0 Å². The van der Waals surface area contributed by atoms with Crippen molar-refractivity contribution in [2.45, 2.75) is 12.8 Å². The van der Waals surface area contributed by atoms with Gasteiger partial charge < -0.3 is 24.1 Å². The predicted molar refractivity (Wildman–Crippen MR) is 107 cm³/mol. The highest BCUT2D eigenvalue weighted by atomic mass is 16.5. The summed E-state index contributed by atoms with van der Waals surface area (Å²) in [5, 5.41) is 2.98. The summed E-state index contributed by atoms with van der Waals surface area (Å²) >= 11 is 0. The number of ether oxygens (including phenoxy) is 2. The van der Waals surface area contributed by atoms with Gasteiger partial charge >= 0.3 is 0 Å². The smallest absolute Gasteiger partial charge is 0.298 e. The first kappa shape index (κ1) is 18.2. The van der Waals surface area contributed by atoms with Crippen LogP contribution in [0.15, 0.2) is 46.9 Å². The van der Waals surface area contributed by atoms with Crippen molar-refractivity contribution in [2.24, 2.45) is 5.92 Å². The molecule has 2 heterocycles. The number of methoxy groups -OCH3 is 2. The molecule has 7 heteroatoms. The third kappa shape index (κ3) is 3.74. The van der Waals surface area contributed by atoms with Crippen molar-refractivity contribution in [1.29, 1.82) is 0 Å². The van der Waals surface area contributed by atoms with Gasteiger partial charge in [-0.3, -0.25) is 4.79 Å². The molecule has 0 unspecified atom stereocenters. The van der Waals surface area contributed by atoms with Crippen LogP contribution in [0.25, 0.3) is 11.1 Å². The Labute approximate surface area is 163 Å². The van der Waals surface area contributed by atoms with Crippen LogP contribution in [0.5, 0.6) is 11.5 Å². The highest BCUT2D eigenvalue weighted by Gasteiger charge is 2.27. The molecule has 1 aromatic heterocycles. The minimum Gasteiger partial charge on any atom is -0.497 e. The van der Waals surface area contributed by atoms with Crippen molar-refractivity contribution < 1.29 is 18.7 Å². The van der Waals surface area contributed by atoms with E-state index in [2.05, 4.69) is 15.2 Å². The standard InChI is InChI=1S/C21H23N3O4/c1-26-16-11-15(12-17(13-16)27-2)22-20(25)14-7-9-24(10-8-14)21-23-18-5-3-4-6-19(18)28-21/h3-6,11-14H,7-10H2,1-2H3,(H,22,25). The molecular weight excluding hydrogens is 358 g/mol. The summed E-state index contributed by atoms with van der Waals surface area (Å²) in [6, 6.07) is 13.7. The van der Waals surface area contributed by atoms with Gasteiger partial charge in [0, 0.05) is 42.9 Å². The van der Waals surface area contributed by atoms with E-state index in [0.29, 0.717) is 23.2 Å². The zero-order valence-electron chi connectivity index (χ0n) is 16.0. The Balaban J connectivity index is 1.38. The van der Waals surface area contributed by atoms with Crippen molar-refractivity contribution in [3.63, 3.8) is 0 Å². The number of rotatable bonds is 5. The zero-order valence-corrected chi connectivity index (χ0v) is 16.0. The Morgan fingerprint density at radius 1 is 1.11 bits per heavy atom. The molecule has 0 aliphatic carbocycles. The molecule has 4 rings (SSSR count). The van der Waals surface area contributed by atoms with E-state index in [1.54, 1.807) is 32.4 Å². The van der Waals surface area contributed by atoms with E-state index in [-0.39, 0.29) is 11.8 Å². The molecule has 0 radical (unpaired) electrons. The van der Waals surface area contributed by atoms with E-state index in [1.165, 1.54) is 0 Å². The Morgan fingerprint density at radius 3 is 2.43 bits per heavy atom. The molecule has 1 aliphatic heterocycles. The number of para-hydroxylation sites is 2. The summed E-state index contributed by atoms with van der Waals surface area (Å²) in [7, 11) is 3.17. The fraction of sp³-hybridized carbons (Fsp3) is 0.333. The Morgan fingerprint density at radius 2 is 1.79 bits per heavy atom. The minimum atomic E-state index is -0.0576. The molecule has 0 atom stereocenters. The predicted octanol–water partition coefficient (Wildman–Crippen LogP) is 3.70. The van der Waals surface area contributed by atoms with Gasteiger partial charge in [0.1, 0.15) is 17.0 Å². The van der Waals surface area contributed by atoms with Crippen LogP contribution in [0.4, 0.5) is 11.7 Å². The maximum Gasteiger partial charge on any atom is 0.298 e. The maximum absolute atomic E-state index is 12.7. The van der Waals surface area contributed by atoms with Crippen LogP contribution in [-0.2, 0) is 4.79 Å². The second kappa shape index (κ2) is 7.80. The van der Waals surface area contributed by atoms with Gasteiger partial charge in [0.15, 0.2) is 5.58 Å². The van der Waals surface area contributed by atoms with Crippen LogP contribution >= 0.6 is 0 Å². The molecule has 3 aromatic rings. The highest BCUT2D eigenvalue weighted by molar-refractivity contribution is 5.93. The number of carbonyl (C=O) groups is 1. The van der Waals surface area contributed by atoms with Gasteiger partial charge in [-0.2, -0.15) is 4.98 Å². The van der Waals surface area contributed by atoms with E-state index in [9.17, 15) is 4.79 Å². The first-order valence-corrected chi connectivity index (χ1v) is 9.30. The number of amides is 1. The number of hydrogen-bond acceptors (Lipinski definition) is 6. The normalized spacial score (nSPS) is 14.9. The third-order valence-corrected chi connectivity index (χ3v) is 5.04.